The van der Waals surface area contributed by atoms with Crippen LogP contribution in [0.2, 0.25) is 0 Å². The highest BCUT2D eigenvalue weighted by atomic mass is 16.5. The molecule has 1 saturated heterocycles. The lowest BCUT2D eigenvalue weighted by atomic mass is 10.1. The minimum absolute atomic E-state index is 0.110. The summed E-state index contributed by atoms with van der Waals surface area (Å²) in [4.78, 5) is 14.0. The smallest absolute Gasteiger partial charge is 0.191 e. The van der Waals surface area contributed by atoms with Crippen LogP contribution in [0.5, 0.6) is 0 Å². The van der Waals surface area contributed by atoms with Gasteiger partial charge in [-0.25, -0.2) is 9.98 Å². The number of likely N-dealkylation sites (N-methyl/N-ethyl adjacent to an activating group) is 1. The Labute approximate surface area is 192 Å². The number of aliphatic imine (C=N–C) groups is 1. The van der Waals surface area contributed by atoms with Crippen molar-refractivity contribution in [1.29, 1.82) is 0 Å². The molecule has 1 fully saturated rings. The number of nitrogens with zero attached hydrogens (tertiary/aromatic N) is 4. The van der Waals surface area contributed by atoms with Gasteiger partial charge in [-0.3, -0.25) is 0 Å². The van der Waals surface area contributed by atoms with Crippen LogP contribution in [0.3, 0.4) is 0 Å². The molecule has 2 N–H and O–H groups in total. The van der Waals surface area contributed by atoms with Crippen LogP contribution in [0, 0.1) is 0 Å². The van der Waals surface area contributed by atoms with Crippen LogP contribution in [0.15, 0.2) is 53.7 Å². The van der Waals surface area contributed by atoms with E-state index in [-0.39, 0.29) is 6.10 Å². The zero-order chi connectivity index (χ0) is 22.6. The summed E-state index contributed by atoms with van der Waals surface area (Å²) in [6, 6.07) is 14.5. The Morgan fingerprint density at radius 1 is 1.12 bits per heavy atom. The van der Waals surface area contributed by atoms with Gasteiger partial charge in [0.15, 0.2) is 5.96 Å². The average Bonchev–Trinajstić information content (AvgIpc) is 2.83. The summed E-state index contributed by atoms with van der Waals surface area (Å²) in [5, 5.41) is 6.74. The van der Waals surface area contributed by atoms with Crippen molar-refractivity contribution in [3.05, 3.63) is 59.8 Å². The predicted octanol–water partition coefficient (Wildman–Crippen LogP) is 3.06. The number of aromatic nitrogens is 1. The molecule has 2 heterocycles. The summed E-state index contributed by atoms with van der Waals surface area (Å²) in [5.74, 6) is 1.88. The molecule has 7 nitrogen and oxygen atoms in total. The third-order valence-corrected chi connectivity index (χ3v) is 5.65. The number of nitrogens with one attached hydrogen (secondary N) is 2. The number of pyridine rings is 1. The summed E-state index contributed by atoms with van der Waals surface area (Å²) < 4.78 is 5.96. The Bertz CT molecular complexity index is 820. The Morgan fingerprint density at radius 3 is 2.66 bits per heavy atom. The van der Waals surface area contributed by atoms with Gasteiger partial charge in [-0.2, -0.15) is 0 Å². The van der Waals surface area contributed by atoms with Crippen LogP contribution >= 0.6 is 0 Å². The highest BCUT2D eigenvalue weighted by Gasteiger charge is 2.15. The van der Waals surface area contributed by atoms with Gasteiger partial charge in [0.25, 0.3) is 0 Å². The van der Waals surface area contributed by atoms with E-state index < -0.39 is 0 Å². The molecule has 0 spiro atoms. The van der Waals surface area contributed by atoms with E-state index in [1.807, 2.05) is 30.5 Å². The van der Waals surface area contributed by atoms with Crippen molar-refractivity contribution in [1.82, 2.24) is 20.5 Å². The van der Waals surface area contributed by atoms with Gasteiger partial charge >= 0.3 is 0 Å². The molecule has 0 radical (unpaired) electrons. The lowest BCUT2D eigenvalue weighted by molar-refractivity contribution is 0.0646. The molecule has 0 saturated carbocycles. The normalized spacial score (nSPS) is 16.1. The van der Waals surface area contributed by atoms with E-state index in [2.05, 4.69) is 64.5 Å². The maximum absolute atomic E-state index is 5.96. The quantitative estimate of drug-likeness (QED) is 0.338. The second-order valence-corrected chi connectivity index (χ2v) is 8.21. The third kappa shape index (κ3) is 7.80. The summed E-state index contributed by atoms with van der Waals surface area (Å²) >= 11 is 0. The molecule has 0 bridgehead atoms. The van der Waals surface area contributed by atoms with E-state index in [9.17, 15) is 0 Å². The number of guanidine groups is 1. The van der Waals surface area contributed by atoms with Crippen LogP contribution < -0.4 is 15.5 Å². The fourth-order valence-corrected chi connectivity index (χ4v) is 3.64. The maximum atomic E-state index is 5.96. The standard InChI is InChI=1S/C25H38N6O/c1-4-26-25(28-12-8-18-32-21(2)23-9-6-5-7-10-23)29-20-22-11-13-27-24(19-22)31-16-14-30(3)15-17-31/h5-7,9-11,13,19,21H,4,8,12,14-18,20H2,1-3H3,(H2,26,28,29). The number of piperazine rings is 1. The van der Waals surface area contributed by atoms with Gasteiger partial charge in [-0.05, 0) is 50.6 Å². The summed E-state index contributed by atoms with van der Waals surface area (Å²) in [6.07, 6.45) is 2.92. The van der Waals surface area contributed by atoms with Gasteiger partial charge in [-0.1, -0.05) is 30.3 Å². The van der Waals surface area contributed by atoms with Crippen molar-refractivity contribution < 1.29 is 4.74 Å². The SMILES string of the molecule is CCNC(=NCc1ccnc(N2CCN(C)CC2)c1)NCCCOC(C)c1ccccc1. The summed E-state index contributed by atoms with van der Waals surface area (Å²) in [7, 11) is 2.17. The highest BCUT2D eigenvalue weighted by molar-refractivity contribution is 5.79. The monoisotopic (exact) mass is 438 g/mol. The average molecular weight is 439 g/mol. The Morgan fingerprint density at radius 2 is 1.91 bits per heavy atom. The zero-order valence-corrected chi connectivity index (χ0v) is 19.8. The van der Waals surface area contributed by atoms with Crippen molar-refractivity contribution in [2.24, 2.45) is 4.99 Å². The number of hydrogen-bond donors (Lipinski definition) is 2. The first-order valence-electron chi connectivity index (χ1n) is 11.7. The van der Waals surface area contributed by atoms with Crippen molar-refractivity contribution >= 4 is 11.8 Å². The molecule has 0 aliphatic carbocycles. The predicted molar refractivity (Wildman–Crippen MR) is 132 cm³/mol. The van der Waals surface area contributed by atoms with E-state index in [4.69, 9.17) is 9.73 Å². The van der Waals surface area contributed by atoms with Crippen LogP contribution in [0.1, 0.15) is 37.5 Å². The molecule has 1 aliphatic heterocycles. The molecule has 1 aromatic carbocycles. The number of ether oxygens (including phenoxy) is 1. The van der Waals surface area contributed by atoms with Crippen molar-refractivity contribution in [2.45, 2.75) is 32.9 Å². The summed E-state index contributed by atoms with van der Waals surface area (Å²) in [5.41, 5.74) is 2.38. The number of rotatable bonds is 10. The van der Waals surface area contributed by atoms with E-state index >= 15 is 0 Å². The molecule has 3 rings (SSSR count). The fourth-order valence-electron chi connectivity index (χ4n) is 3.64. The Balaban J connectivity index is 1.44. The molecule has 2 aromatic rings. The molecule has 1 aliphatic rings. The van der Waals surface area contributed by atoms with Gasteiger partial charge in [-0.15, -0.1) is 0 Å². The number of benzene rings is 1. The Hall–Kier alpha value is -2.64. The summed E-state index contributed by atoms with van der Waals surface area (Å²) in [6.45, 7) is 11.3. The first kappa shape index (κ1) is 24.0. The highest BCUT2D eigenvalue weighted by Crippen LogP contribution is 2.16. The molecular formula is C25H38N6O. The van der Waals surface area contributed by atoms with Crippen molar-refractivity contribution in [3.63, 3.8) is 0 Å². The van der Waals surface area contributed by atoms with E-state index in [1.54, 1.807) is 0 Å². The van der Waals surface area contributed by atoms with Gasteiger partial charge in [0, 0.05) is 52.1 Å². The lowest BCUT2D eigenvalue weighted by Crippen LogP contribution is -2.44. The van der Waals surface area contributed by atoms with Gasteiger partial charge in [0.2, 0.25) is 0 Å². The topological polar surface area (TPSA) is 65.0 Å². The molecule has 32 heavy (non-hydrogen) atoms. The molecule has 1 atom stereocenters. The van der Waals surface area contributed by atoms with Gasteiger partial charge < -0.3 is 25.2 Å². The maximum Gasteiger partial charge on any atom is 0.191 e. The number of hydrogen-bond acceptors (Lipinski definition) is 5. The minimum Gasteiger partial charge on any atom is -0.374 e. The third-order valence-electron chi connectivity index (χ3n) is 5.65. The number of anilines is 1. The molecular weight excluding hydrogens is 400 g/mol. The zero-order valence-electron chi connectivity index (χ0n) is 19.8. The molecule has 7 heteroatoms. The molecule has 174 valence electrons. The van der Waals surface area contributed by atoms with Crippen LogP contribution in [-0.2, 0) is 11.3 Å². The largest absolute Gasteiger partial charge is 0.374 e. The molecule has 0 amide bonds. The first-order chi connectivity index (χ1) is 15.7. The Kier molecular flexibility index (Phi) is 9.78. The van der Waals surface area contributed by atoms with Crippen LogP contribution in [0.25, 0.3) is 0 Å². The van der Waals surface area contributed by atoms with Crippen molar-refractivity contribution in [2.75, 3.05) is 57.8 Å². The van der Waals surface area contributed by atoms with Crippen LogP contribution in [0.4, 0.5) is 5.82 Å². The fraction of sp³-hybridized carbons (Fsp3) is 0.520. The van der Waals surface area contributed by atoms with E-state index in [0.717, 1.165) is 57.5 Å². The van der Waals surface area contributed by atoms with Gasteiger partial charge in [0.1, 0.15) is 5.82 Å². The second-order valence-electron chi connectivity index (χ2n) is 8.21. The van der Waals surface area contributed by atoms with Gasteiger partial charge in [0.05, 0.1) is 12.6 Å². The minimum atomic E-state index is 0.110. The molecule has 1 unspecified atom stereocenters. The van der Waals surface area contributed by atoms with E-state index in [0.29, 0.717) is 13.2 Å². The van der Waals surface area contributed by atoms with Crippen molar-refractivity contribution in [3.8, 4) is 0 Å². The van der Waals surface area contributed by atoms with Crippen LogP contribution in [-0.4, -0.2) is 68.8 Å². The lowest BCUT2D eigenvalue weighted by Gasteiger charge is -2.33. The molecule has 1 aromatic heterocycles. The first-order valence-corrected chi connectivity index (χ1v) is 11.7. The second kappa shape index (κ2) is 13.0. The van der Waals surface area contributed by atoms with E-state index in [1.165, 1.54) is 11.1 Å².